The van der Waals surface area contributed by atoms with E-state index < -0.39 is 0 Å². The molecule has 152 valence electrons. The maximum Gasteiger partial charge on any atom is 0.266 e. The second-order valence-electron chi connectivity index (χ2n) is 6.82. The summed E-state index contributed by atoms with van der Waals surface area (Å²) < 4.78 is 7.14. The van der Waals surface area contributed by atoms with Gasteiger partial charge >= 0.3 is 0 Å². The van der Waals surface area contributed by atoms with Crippen LogP contribution >= 0.6 is 27.7 Å². The molecular formula is C23H25BrN2O2S. The molecule has 6 heteroatoms. The van der Waals surface area contributed by atoms with Crippen molar-refractivity contribution in [3.8, 4) is 5.75 Å². The number of amidine groups is 1. The summed E-state index contributed by atoms with van der Waals surface area (Å²) in [4.78, 5) is 19.6. The number of hydrogen-bond donors (Lipinski definition) is 0. The zero-order valence-electron chi connectivity index (χ0n) is 17.2. The van der Waals surface area contributed by atoms with E-state index in [9.17, 15) is 4.79 Å². The van der Waals surface area contributed by atoms with Crippen LogP contribution in [0.4, 0.5) is 0 Å². The van der Waals surface area contributed by atoms with Gasteiger partial charge in [-0.3, -0.25) is 14.7 Å². The van der Waals surface area contributed by atoms with Crippen molar-refractivity contribution in [2.45, 2.75) is 34.3 Å². The van der Waals surface area contributed by atoms with Crippen LogP contribution in [0.25, 0.3) is 6.08 Å². The van der Waals surface area contributed by atoms with Crippen molar-refractivity contribution in [2.75, 3.05) is 13.1 Å². The van der Waals surface area contributed by atoms with Crippen LogP contribution in [0.1, 0.15) is 36.1 Å². The van der Waals surface area contributed by atoms with Crippen LogP contribution in [-0.4, -0.2) is 29.1 Å². The molecule has 0 saturated carbocycles. The molecule has 1 heterocycles. The van der Waals surface area contributed by atoms with Gasteiger partial charge in [0.25, 0.3) is 5.91 Å². The predicted octanol–water partition coefficient (Wildman–Crippen LogP) is 5.96. The molecular weight excluding hydrogens is 448 g/mol. The molecule has 0 spiro atoms. The first-order valence-corrected chi connectivity index (χ1v) is 11.3. The number of likely N-dealkylation sites (N-methyl/N-ethyl adjacent to an activating group) is 1. The summed E-state index contributed by atoms with van der Waals surface area (Å²) in [5.41, 5.74) is 4.23. The third-order valence-corrected chi connectivity index (χ3v) is 6.15. The highest BCUT2D eigenvalue weighted by molar-refractivity contribution is 9.10. The van der Waals surface area contributed by atoms with E-state index in [1.54, 1.807) is 4.90 Å². The van der Waals surface area contributed by atoms with Gasteiger partial charge in [-0.2, -0.15) is 0 Å². The van der Waals surface area contributed by atoms with Crippen LogP contribution in [-0.2, 0) is 11.4 Å². The second kappa shape index (κ2) is 9.63. The second-order valence-corrected chi connectivity index (χ2v) is 8.74. The highest BCUT2D eigenvalue weighted by atomic mass is 79.9. The van der Waals surface area contributed by atoms with E-state index in [0.717, 1.165) is 37.6 Å². The third-order valence-electron chi connectivity index (χ3n) is 4.57. The van der Waals surface area contributed by atoms with E-state index in [1.165, 1.54) is 11.8 Å². The fourth-order valence-electron chi connectivity index (χ4n) is 3.22. The van der Waals surface area contributed by atoms with Crippen LogP contribution in [0.3, 0.4) is 0 Å². The molecule has 0 bridgehead atoms. The molecule has 4 nitrogen and oxygen atoms in total. The number of aryl methyl sites for hydroxylation is 2. The summed E-state index contributed by atoms with van der Waals surface area (Å²) in [5, 5.41) is 0.786. The molecule has 0 aliphatic carbocycles. The normalized spacial score (nSPS) is 16.9. The summed E-state index contributed by atoms with van der Waals surface area (Å²) in [6, 6.07) is 12.3. The van der Waals surface area contributed by atoms with Gasteiger partial charge in [0.15, 0.2) is 5.17 Å². The Morgan fingerprint density at radius 2 is 1.79 bits per heavy atom. The van der Waals surface area contributed by atoms with E-state index in [0.29, 0.717) is 24.6 Å². The van der Waals surface area contributed by atoms with E-state index in [2.05, 4.69) is 33.1 Å². The largest absolute Gasteiger partial charge is 0.488 e. The topological polar surface area (TPSA) is 41.9 Å². The van der Waals surface area contributed by atoms with E-state index in [1.807, 2.05) is 58.0 Å². The van der Waals surface area contributed by atoms with Crippen molar-refractivity contribution < 1.29 is 9.53 Å². The van der Waals surface area contributed by atoms with Gasteiger partial charge in [-0.05, 0) is 92.1 Å². The zero-order valence-corrected chi connectivity index (χ0v) is 19.6. The summed E-state index contributed by atoms with van der Waals surface area (Å²) in [7, 11) is 0. The first-order chi connectivity index (χ1) is 13.9. The number of rotatable bonds is 6. The number of benzene rings is 2. The van der Waals surface area contributed by atoms with Gasteiger partial charge in [-0.25, -0.2) is 0 Å². The molecule has 0 aromatic heterocycles. The van der Waals surface area contributed by atoms with E-state index in [4.69, 9.17) is 4.74 Å². The van der Waals surface area contributed by atoms with Gasteiger partial charge in [-0.15, -0.1) is 0 Å². The van der Waals surface area contributed by atoms with Crippen LogP contribution in [0.5, 0.6) is 5.75 Å². The molecule has 0 N–H and O–H groups in total. The molecule has 1 fully saturated rings. The molecule has 0 atom stereocenters. The quantitative estimate of drug-likeness (QED) is 0.487. The standard InChI is InChI=1S/C23H25BrN2O2S/c1-5-25-23-26(6-2)22(27)20(29-23)13-18-11-15(3)21(16(4)12-18)28-14-17-7-9-19(24)10-8-17/h7-13H,5-6,14H2,1-4H3/b20-13-,25-23?. The van der Waals surface area contributed by atoms with Gasteiger partial charge in [0, 0.05) is 17.6 Å². The fourth-order valence-corrected chi connectivity index (χ4v) is 4.59. The molecule has 3 rings (SSSR count). The zero-order chi connectivity index (χ0) is 21.0. The summed E-state index contributed by atoms with van der Waals surface area (Å²) >= 11 is 4.90. The lowest BCUT2D eigenvalue weighted by molar-refractivity contribution is -0.122. The maximum absolute atomic E-state index is 12.7. The van der Waals surface area contributed by atoms with E-state index in [-0.39, 0.29) is 5.91 Å². The molecule has 1 aliphatic heterocycles. The average molecular weight is 473 g/mol. The Labute approximate surface area is 185 Å². The highest BCUT2D eigenvalue weighted by Crippen LogP contribution is 2.34. The van der Waals surface area contributed by atoms with Gasteiger partial charge in [0.1, 0.15) is 12.4 Å². The lowest BCUT2D eigenvalue weighted by Crippen LogP contribution is -2.28. The molecule has 1 aliphatic rings. The van der Waals surface area contributed by atoms with Crippen LogP contribution < -0.4 is 4.74 Å². The maximum atomic E-state index is 12.7. The number of nitrogens with zero attached hydrogens (tertiary/aromatic N) is 2. The number of thioether (sulfide) groups is 1. The third kappa shape index (κ3) is 5.11. The summed E-state index contributed by atoms with van der Waals surface area (Å²) in [6.07, 6.45) is 1.95. The SMILES string of the molecule is CCN=C1S/C(=C\c2cc(C)c(OCc3ccc(Br)cc3)c(C)c2)C(=O)N1CC. The number of carbonyl (C=O) groups is 1. The summed E-state index contributed by atoms with van der Waals surface area (Å²) in [5.74, 6) is 0.916. The molecule has 1 amide bonds. The molecule has 1 saturated heterocycles. The monoisotopic (exact) mass is 472 g/mol. The van der Waals surface area contributed by atoms with Crippen molar-refractivity contribution in [1.29, 1.82) is 0 Å². The van der Waals surface area contributed by atoms with Gasteiger partial charge in [0.05, 0.1) is 4.91 Å². The molecule has 0 radical (unpaired) electrons. The van der Waals surface area contributed by atoms with Crippen molar-refractivity contribution in [2.24, 2.45) is 4.99 Å². The Hall–Kier alpha value is -2.05. The van der Waals surface area contributed by atoms with E-state index >= 15 is 0 Å². The van der Waals surface area contributed by atoms with Crippen molar-refractivity contribution in [1.82, 2.24) is 4.90 Å². The Morgan fingerprint density at radius 3 is 2.38 bits per heavy atom. The summed E-state index contributed by atoms with van der Waals surface area (Å²) in [6.45, 7) is 9.85. The van der Waals surface area contributed by atoms with Crippen molar-refractivity contribution in [3.05, 3.63) is 68.0 Å². The van der Waals surface area contributed by atoms with Gasteiger partial charge in [0.2, 0.25) is 0 Å². The molecule has 2 aromatic carbocycles. The fraction of sp³-hybridized carbons (Fsp3) is 0.304. The number of halogens is 1. The molecule has 0 unspecified atom stereocenters. The van der Waals surface area contributed by atoms with Crippen molar-refractivity contribution >= 4 is 44.8 Å². The van der Waals surface area contributed by atoms with Crippen LogP contribution in [0.2, 0.25) is 0 Å². The van der Waals surface area contributed by atoms with Crippen LogP contribution in [0.15, 0.2) is 50.8 Å². The minimum atomic E-state index is 0.0237. The number of amides is 1. The minimum absolute atomic E-state index is 0.0237. The van der Waals surface area contributed by atoms with Crippen LogP contribution in [0, 0.1) is 13.8 Å². The lowest BCUT2D eigenvalue weighted by atomic mass is 10.0. The number of carbonyl (C=O) groups excluding carboxylic acids is 1. The average Bonchev–Trinajstić information content (AvgIpc) is 2.97. The Kier molecular flexibility index (Phi) is 7.19. The number of hydrogen-bond acceptors (Lipinski definition) is 4. The number of ether oxygens (including phenoxy) is 1. The first-order valence-electron chi connectivity index (χ1n) is 9.67. The minimum Gasteiger partial charge on any atom is -0.488 e. The Morgan fingerprint density at radius 1 is 1.14 bits per heavy atom. The predicted molar refractivity (Wildman–Crippen MR) is 125 cm³/mol. The smallest absolute Gasteiger partial charge is 0.266 e. The number of aliphatic imine (C=N–C) groups is 1. The Balaban J connectivity index is 1.80. The van der Waals surface area contributed by atoms with Gasteiger partial charge < -0.3 is 4.74 Å². The van der Waals surface area contributed by atoms with Gasteiger partial charge in [-0.1, -0.05) is 28.1 Å². The Bertz CT molecular complexity index is 944. The first kappa shape index (κ1) is 21.7. The molecule has 2 aromatic rings. The highest BCUT2D eigenvalue weighted by Gasteiger charge is 2.31. The van der Waals surface area contributed by atoms with Crippen molar-refractivity contribution in [3.63, 3.8) is 0 Å². The lowest BCUT2D eigenvalue weighted by Gasteiger charge is -2.14. The molecule has 29 heavy (non-hydrogen) atoms.